The highest BCUT2D eigenvalue weighted by atomic mass is 32.1. The molecular weight excluding hydrogens is 408 g/mol. The minimum Gasteiger partial charge on any atom is -0.491 e. The molecule has 1 saturated carbocycles. The van der Waals surface area contributed by atoms with E-state index in [-0.39, 0.29) is 18.1 Å². The monoisotopic (exact) mass is 442 g/mol. The topological polar surface area (TPSA) is 53.0 Å². The summed E-state index contributed by atoms with van der Waals surface area (Å²) in [6.07, 6.45) is 4.76. The Bertz CT molecular complexity index is 836. The second-order valence-electron chi connectivity index (χ2n) is 8.86. The largest absolute Gasteiger partial charge is 0.491 e. The molecule has 2 heterocycles. The van der Waals surface area contributed by atoms with Gasteiger partial charge in [-0.25, -0.2) is 0 Å². The summed E-state index contributed by atoms with van der Waals surface area (Å²) in [6, 6.07) is 11.9. The third kappa shape index (κ3) is 6.09. The predicted molar refractivity (Wildman–Crippen MR) is 124 cm³/mol. The van der Waals surface area contributed by atoms with Crippen molar-refractivity contribution in [3.63, 3.8) is 0 Å². The maximum atomic E-state index is 13.5. The van der Waals surface area contributed by atoms with Gasteiger partial charge in [0.15, 0.2) is 0 Å². The number of fused-ring (bicyclic) bond motifs is 1. The van der Waals surface area contributed by atoms with E-state index in [4.69, 9.17) is 4.74 Å². The first-order valence-corrected chi connectivity index (χ1v) is 12.5. The van der Waals surface area contributed by atoms with Crippen LogP contribution in [0.3, 0.4) is 0 Å². The van der Waals surface area contributed by atoms with Crippen molar-refractivity contribution in [2.75, 3.05) is 32.8 Å². The fraction of sp³-hybridized carbons (Fsp3) is 0.560. The highest BCUT2D eigenvalue weighted by molar-refractivity contribution is 7.10. The molecule has 6 heteroatoms. The minimum atomic E-state index is -0.362. The van der Waals surface area contributed by atoms with Crippen molar-refractivity contribution < 1.29 is 14.6 Å². The van der Waals surface area contributed by atoms with Gasteiger partial charge >= 0.3 is 0 Å². The standard InChI is InChI=1S/C25H34N2O3S/c1-2-6-20(28)16-26(15-19-9-10-19)17-25(29)27-13-11-24-22(12-14-31-24)23(27)18-30-21-7-4-3-5-8-21/h3-5,7-8,12,14,19-20,23,28H,2,6,9-11,13,15-18H2,1H3/t20-,23-/m0/s1. The van der Waals surface area contributed by atoms with E-state index >= 15 is 0 Å². The average molecular weight is 443 g/mol. The number of nitrogens with zero attached hydrogens (tertiary/aromatic N) is 2. The molecule has 0 spiro atoms. The highest BCUT2D eigenvalue weighted by Crippen LogP contribution is 2.34. The van der Waals surface area contributed by atoms with Crippen molar-refractivity contribution in [3.05, 3.63) is 52.2 Å². The van der Waals surface area contributed by atoms with Crippen LogP contribution in [0.5, 0.6) is 5.75 Å². The molecule has 0 unspecified atom stereocenters. The van der Waals surface area contributed by atoms with E-state index in [0.717, 1.165) is 38.1 Å². The quantitative estimate of drug-likeness (QED) is 0.569. The number of aliphatic hydroxyl groups is 1. The molecular formula is C25H34N2O3S. The van der Waals surface area contributed by atoms with Gasteiger partial charge in [-0.3, -0.25) is 9.69 Å². The first kappa shape index (κ1) is 22.3. The van der Waals surface area contributed by atoms with Crippen LogP contribution < -0.4 is 4.74 Å². The van der Waals surface area contributed by atoms with Crippen molar-refractivity contribution >= 4 is 17.2 Å². The Hall–Kier alpha value is -1.89. The number of hydrogen-bond acceptors (Lipinski definition) is 5. The molecule has 1 aromatic heterocycles. The number of aliphatic hydroxyl groups excluding tert-OH is 1. The van der Waals surface area contributed by atoms with E-state index in [0.29, 0.717) is 25.6 Å². The van der Waals surface area contributed by atoms with Crippen LogP contribution in [0.2, 0.25) is 0 Å². The van der Waals surface area contributed by atoms with Crippen LogP contribution in [0.1, 0.15) is 49.1 Å². The summed E-state index contributed by atoms with van der Waals surface area (Å²) in [5.41, 5.74) is 1.22. The maximum Gasteiger partial charge on any atom is 0.237 e. The lowest BCUT2D eigenvalue weighted by Gasteiger charge is -2.37. The van der Waals surface area contributed by atoms with E-state index in [1.807, 2.05) is 35.2 Å². The van der Waals surface area contributed by atoms with E-state index in [1.54, 1.807) is 11.3 Å². The zero-order valence-electron chi connectivity index (χ0n) is 18.4. The molecule has 1 aliphatic carbocycles. The van der Waals surface area contributed by atoms with Crippen molar-refractivity contribution in [1.29, 1.82) is 0 Å². The number of thiophene rings is 1. The van der Waals surface area contributed by atoms with Gasteiger partial charge in [-0.1, -0.05) is 31.5 Å². The lowest BCUT2D eigenvalue weighted by atomic mass is 10.0. The Balaban J connectivity index is 1.44. The molecule has 0 radical (unpaired) electrons. The molecule has 4 rings (SSSR count). The number of rotatable bonds is 11. The lowest BCUT2D eigenvalue weighted by Crippen LogP contribution is -2.48. The van der Waals surface area contributed by atoms with Crippen molar-refractivity contribution in [2.45, 2.75) is 51.2 Å². The van der Waals surface area contributed by atoms with Crippen LogP contribution in [-0.4, -0.2) is 59.7 Å². The molecule has 2 aliphatic rings. The first-order chi connectivity index (χ1) is 15.1. The number of carbonyl (C=O) groups excluding carboxylic acids is 1. The Morgan fingerprint density at radius 1 is 1.29 bits per heavy atom. The van der Waals surface area contributed by atoms with Crippen LogP contribution in [0.25, 0.3) is 0 Å². The molecule has 2 atom stereocenters. The molecule has 1 N–H and O–H groups in total. The summed E-state index contributed by atoms with van der Waals surface area (Å²) in [5.74, 6) is 1.65. The Labute approximate surface area is 189 Å². The number of carbonyl (C=O) groups is 1. The van der Waals surface area contributed by atoms with E-state index < -0.39 is 0 Å². The zero-order valence-corrected chi connectivity index (χ0v) is 19.2. The number of ether oxygens (including phenoxy) is 1. The van der Waals surface area contributed by atoms with Gasteiger partial charge in [0, 0.05) is 24.5 Å². The van der Waals surface area contributed by atoms with Gasteiger partial charge in [-0.15, -0.1) is 11.3 Å². The minimum absolute atomic E-state index is 0.0638. The van der Waals surface area contributed by atoms with Crippen molar-refractivity contribution in [2.24, 2.45) is 5.92 Å². The van der Waals surface area contributed by atoms with Crippen LogP contribution in [0.15, 0.2) is 41.8 Å². The number of para-hydroxylation sites is 1. The van der Waals surface area contributed by atoms with Crippen LogP contribution >= 0.6 is 11.3 Å². The third-order valence-corrected chi connectivity index (χ3v) is 7.23. The molecule has 1 aliphatic heterocycles. The third-order valence-electron chi connectivity index (χ3n) is 6.23. The summed E-state index contributed by atoms with van der Waals surface area (Å²) in [5, 5.41) is 12.5. The Morgan fingerprint density at radius 3 is 2.84 bits per heavy atom. The van der Waals surface area contributed by atoms with E-state index in [1.165, 1.54) is 23.3 Å². The molecule has 0 bridgehead atoms. The van der Waals surface area contributed by atoms with Gasteiger partial charge in [-0.05, 0) is 60.7 Å². The summed E-state index contributed by atoms with van der Waals surface area (Å²) in [7, 11) is 0. The fourth-order valence-corrected chi connectivity index (χ4v) is 5.37. The summed E-state index contributed by atoms with van der Waals surface area (Å²) >= 11 is 1.77. The second-order valence-corrected chi connectivity index (χ2v) is 9.86. The van der Waals surface area contributed by atoms with Gasteiger partial charge in [0.1, 0.15) is 12.4 Å². The number of hydrogen-bond donors (Lipinski definition) is 1. The van der Waals surface area contributed by atoms with E-state index in [9.17, 15) is 9.90 Å². The normalized spacial score (nSPS) is 19.3. The molecule has 1 amide bonds. The summed E-state index contributed by atoms with van der Waals surface area (Å²) in [6.45, 7) is 5.14. The molecule has 5 nitrogen and oxygen atoms in total. The molecule has 2 aromatic rings. The molecule has 1 aromatic carbocycles. The molecule has 0 saturated heterocycles. The number of amides is 1. The Kier molecular flexibility index (Phi) is 7.64. The lowest BCUT2D eigenvalue weighted by molar-refractivity contribution is -0.136. The maximum absolute atomic E-state index is 13.5. The van der Waals surface area contributed by atoms with Crippen LogP contribution in [0.4, 0.5) is 0 Å². The smallest absolute Gasteiger partial charge is 0.237 e. The molecule has 1 fully saturated rings. The fourth-order valence-electron chi connectivity index (χ4n) is 4.44. The Morgan fingerprint density at radius 2 is 2.10 bits per heavy atom. The van der Waals surface area contributed by atoms with Gasteiger partial charge in [0.2, 0.25) is 5.91 Å². The molecule has 31 heavy (non-hydrogen) atoms. The average Bonchev–Trinajstić information content (AvgIpc) is 3.44. The SMILES string of the molecule is CCC[C@H](O)CN(CC(=O)N1CCc2sccc2[C@@H]1COc1ccccc1)CC1CC1. The van der Waals surface area contributed by atoms with Crippen molar-refractivity contribution in [3.8, 4) is 5.75 Å². The highest BCUT2D eigenvalue weighted by Gasteiger charge is 2.34. The van der Waals surface area contributed by atoms with Gasteiger partial charge < -0.3 is 14.7 Å². The second kappa shape index (κ2) is 10.6. The predicted octanol–water partition coefficient (Wildman–Crippen LogP) is 4.13. The summed E-state index contributed by atoms with van der Waals surface area (Å²) in [4.78, 5) is 19.0. The molecule has 168 valence electrons. The summed E-state index contributed by atoms with van der Waals surface area (Å²) < 4.78 is 6.09. The van der Waals surface area contributed by atoms with Crippen LogP contribution in [0, 0.1) is 5.92 Å². The van der Waals surface area contributed by atoms with E-state index in [2.05, 4.69) is 23.3 Å². The van der Waals surface area contributed by atoms with Gasteiger partial charge in [0.25, 0.3) is 0 Å². The van der Waals surface area contributed by atoms with Gasteiger partial charge in [-0.2, -0.15) is 0 Å². The first-order valence-electron chi connectivity index (χ1n) is 11.6. The zero-order chi connectivity index (χ0) is 21.6. The number of benzene rings is 1. The van der Waals surface area contributed by atoms with Crippen molar-refractivity contribution in [1.82, 2.24) is 9.80 Å². The van der Waals surface area contributed by atoms with Crippen LogP contribution in [-0.2, 0) is 11.2 Å². The van der Waals surface area contributed by atoms with Gasteiger partial charge in [0.05, 0.1) is 18.7 Å².